The molecule has 0 unspecified atom stereocenters. The van der Waals surface area contributed by atoms with Gasteiger partial charge < -0.3 is 10.1 Å². The topological polar surface area (TPSA) is 47.2 Å². The van der Waals surface area contributed by atoms with Crippen molar-refractivity contribution in [1.82, 2.24) is 4.90 Å². The Morgan fingerprint density at radius 1 is 1.45 bits per heavy atom. The Kier molecular flexibility index (Phi) is 4.69. The molecule has 1 saturated heterocycles. The second kappa shape index (κ2) is 6.71. The highest BCUT2D eigenvalue weighted by molar-refractivity contribution is 8.00. The molecule has 1 fully saturated rings. The van der Waals surface area contributed by atoms with Gasteiger partial charge >= 0.3 is 0 Å². The average molecular weight is 334 g/mol. The summed E-state index contributed by atoms with van der Waals surface area (Å²) in [6, 6.07) is 9.59. The van der Waals surface area contributed by atoms with Gasteiger partial charge in [0, 0.05) is 23.6 Å². The van der Waals surface area contributed by atoms with Gasteiger partial charge in [0.05, 0.1) is 11.3 Å². The second-order valence-electron chi connectivity index (χ2n) is 5.33. The van der Waals surface area contributed by atoms with Gasteiger partial charge in [0.25, 0.3) is 5.03 Å². The minimum atomic E-state index is -0.261. The van der Waals surface area contributed by atoms with Gasteiger partial charge in [-0.3, -0.25) is 4.79 Å². The molecular weight excluding hydrogens is 316 g/mol. The molecule has 0 N–H and O–H groups in total. The van der Waals surface area contributed by atoms with Crippen LogP contribution in [-0.2, 0) is 4.79 Å². The number of hydrogen-bond acceptors (Lipinski definition) is 4. The molecule has 0 saturated carbocycles. The number of carbonyl (C=O) groups excluding carboxylic acids is 1. The first-order chi connectivity index (χ1) is 10.7. The molecule has 3 rings (SSSR count). The van der Waals surface area contributed by atoms with Crippen molar-refractivity contribution in [1.29, 1.82) is 0 Å². The Morgan fingerprint density at radius 3 is 3.05 bits per heavy atom. The van der Waals surface area contributed by atoms with Crippen molar-refractivity contribution < 1.29 is 9.52 Å². The molecule has 0 bridgehead atoms. The van der Waals surface area contributed by atoms with E-state index in [9.17, 15) is 10.0 Å². The van der Waals surface area contributed by atoms with Gasteiger partial charge in [0.1, 0.15) is 0 Å². The Balaban J connectivity index is 1.71. The number of nitrogens with zero attached hydrogens (tertiary/aromatic N) is 2. The maximum absolute atomic E-state index is 12.8. The number of rotatable bonds is 4. The first-order valence-corrected chi connectivity index (χ1v) is 9.11. The summed E-state index contributed by atoms with van der Waals surface area (Å²) < 4.78 is 0.815. The van der Waals surface area contributed by atoms with Crippen LogP contribution in [0.15, 0.2) is 46.9 Å². The molecule has 1 aliphatic rings. The summed E-state index contributed by atoms with van der Waals surface area (Å²) in [7, 11) is 0. The second-order valence-corrected chi connectivity index (χ2v) is 7.67. The van der Waals surface area contributed by atoms with E-state index in [2.05, 4.69) is 11.4 Å². The predicted molar refractivity (Wildman–Crippen MR) is 88.7 cm³/mol. The monoisotopic (exact) mass is 334 g/mol. The number of likely N-dealkylation sites (tertiary alicyclic amines) is 1. The lowest BCUT2D eigenvalue weighted by molar-refractivity contribution is -0.645. The van der Waals surface area contributed by atoms with Gasteiger partial charge in [-0.15, -0.1) is 11.3 Å². The molecule has 1 amide bonds. The lowest BCUT2D eigenvalue weighted by atomic mass is 10.2. The highest BCUT2D eigenvalue weighted by Crippen LogP contribution is 2.36. The molecule has 0 aliphatic carbocycles. The minimum absolute atomic E-state index is 0.116. The van der Waals surface area contributed by atoms with E-state index in [1.165, 1.54) is 22.8 Å². The average Bonchev–Trinajstić information content (AvgIpc) is 3.19. The van der Waals surface area contributed by atoms with E-state index in [1.807, 2.05) is 24.0 Å². The zero-order valence-electron chi connectivity index (χ0n) is 12.3. The van der Waals surface area contributed by atoms with Crippen molar-refractivity contribution in [3.8, 4) is 0 Å². The molecule has 2 atom stereocenters. The summed E-state index contributed by atoms with van der Waals surface area (Å²) >= 11 is 3.03. The lowest BCUT2D eigenvalue weighted by Crippen LogP contribution is -2.37. The maximum Gasteiger partial charge on any atom is 0.252 e. The molecule has 0 radical (unpaired) electrons. The molecule has 2 aromatic rings. The quantitative estimate of drug-likeness (QED) is 0.490. The molecule has 3 heterocycles. The van der Waals surface area contributed by atoms with Crippen molar-refractivity contribution in [3.05, 3.63) is 52.0 Å². The van der Waals surface area contributed by atoms with Crippen molar-refractivity contribution in [3.63, 3.8) is 0 Å². The third kappa shape index (κ3) is 3.13. The van der Waals surface area contributed by atoms with Crippen molar-refractivity contribution in [2.45, 2.75) is 36.1 Å². The van der Waals surface area contributed by atoms with Crippen molar-refractivity contribution in [2.75, 3.05) is 6.54 Å². The summed E-state index contributed by atoms with van der Waals surface area (Å²) in [6.07, 6.45) is 3.53. The number of pyridine rings is 1. The van der Waals surface area contributed by atoms with E-state index in [-0.39, 0.29) is 17.2 Å². The fourth-order valence-corrected chi connectivity index (χ4v) is 4.57. The Hall–Kier alpha value is -1.53. The highest BCUT2D eigenvalue weighted by Gasteiger charge is 2.33. The number of aromatic nitrogens is 1. The Labute approximate surface area is 138 Å². The minimum Gasteiger partial charge on any atom is -0.618 e. The molecule has 0 spiro atoms. The van der Waals surface area contributed by atoms with Crippen LogP contribution in [0.1, 0.15) is 30.7 Å². The molecule has 2 aromatic heterocycles. The zero-order chi connectivity index (χ0) is 15.5. The van der Waals surface area contributed by atoms with Crippen molar-refractivity contribution in [2.24, 2.45) is 0 Å². The normalized spacial score (nSPS) is 19.3. The van der Waals surface area contributed by atoms with Gasteiger partial charge in [0.2, 0.25) is 5.91 Å². The van der Waals surface area contributed by atoms with Crippen LogP contribution in [0.3, 0.4) is 0 Å². The smallest absolute Gasteiger partial charge is 0.252 e. The fourth-order valence-electron chi connectivity index (χ4n) is 2.78. The van der Waals surface area contributed by atoms with Gasteiger partial charge in [-0.2, -0.15) is 4.73 Å². The molecule has 1 aliphatic heterocycles. The number of carbonyl (C=O) groups is 1. The molecule has 116 valence electrons. The molecule has 4 nitrogen and oxygen atoms in total. The number of amides is 1. The predicted octanol–water partition coefficient (Wildman–Crippen LogP) is 3.23. The van der Waals surface area contributed by atoms with Gasteiger partial charge in [0.15, 0.2) is 6.20 Å². The van der Waals surface area contributed by atoms with Crippen LogP contribution in [0.4, 0.5) is 0 Å². The summed E-state index contributed by atoms with van der Waals surface area (Å²) in [4.78, 5) is 16.0. The SMILES string of the molecule is C[C@@H](Sc1cccc[n+]1[O-])C(=O)N1CCC[C@H]1c1cccs1. The molecule has 6 heteroatoms. The van der Waals surface area contributed by atoms with E-state index >= 15 is 0 Å². The van der Waals surface area contributed by atoms with Crippen LogP contribution < -0.4 is 4.73 Å². The lowest BCUT2D eigenvalue weighted by Gasteiger charge is -2.26. The summed E-state index contributed by atoms with van der Waals surface area (Å²) in [5.74, 6) is 0.116. The number of hydrogen-bond donors (Lipinski definition) is 0. The molecule has 22 heavy (non-hydrogen) atoms. The molecular formula is C16H18N2O2S2. The standard InChI is InChI=1S/C16H18N2O2S2/c1-12(22-15-8-2-3-10-18(15)20)16(19)17-9-4-6-13(17)14-7-5-11-21-14/h2-3,5,7-8,10-13H,4,6,9H2,1H3/t12-,13+/m1/s1. The van der Waals surface area contributed by atoms with E-state index in [4.69, 9.17) is 0 Å². The van der Waals surface area contributed by atoms with Gasteiger partial charge in [-0.25, -0.2) is 0 Å². The Bertz CT molecular complexity index is 645. The van der Waals surface area contributed by atoms with Gasteiger partial charge in [-0.1, -0.05) is 6.07 Å². The summed E-state index contributed by atoms with van der Waals surface area (Å²) in [5.41, 5.74) is 0. The van der Waals surface area contributed by atoms with Crippen LogP contribution >= 0.6 is 23.1 Å². The molecule has 0 aromatic carbocycles. The van der Waals surface area contributed by atoms with E-state index < -0.39 is 0 Å². The number of thiophene rings is 1. The fraction of sp³-hybridized carbons (Fsp3) is 0.375. The van der Waals surface area contributed by atoms with Crippen molar-refractivity contribution >= 4 is 29.0 Å². The van der Waals surface area contributed by atoms with Crippen LogP contribution in [0.5, 0.6) is 0 Å². The first kappa shape index (κ1) is 15.4. The maximum atomic E-state index is 12.8. The van der Waals surface area contributed by atoms with Gasteiger partial charge in [-0.05, 0) is 49.0 Å². The Morgan fingerprint density at radius 2 is 2.32 bits per heavy atom. The van der Waals surface area contributed by atoms with Crippen LogP contribution in [-0.4, -0.2) is 22.6 Å². The van der Waals surface area contributed by atoms with E-state index in [0.717, 1.165) is 24.1 Å². The third-order valence-electron chi connectivity index (χ3n) is 3.84. The largest absolute Gasteiger partial charge is 0.618 e. The highest BCUT2D eigenvalue weighted by atomic mass is 32.2. The zero-order valence-corrected chi connectivity index (χ0v) is 14.0. The van der Waals surface area contributed by atoms with E-state index in [1.54, 1.807) is 23.5 Å². The van der Waals surface area contributed by atoms with Crippen LogP contribution in [0, 0.1) is 5.21 Å². The van der Waals surface area contributed by atoms with Crippen LogP contribution in [0.25, 0.3) is 0 Å². The first-order valence-electron chi connectivity index (χ1n) is 7.35. The summed E-state index contributed by atoms with van der Waals surface area (Å²) in [5, 5.41) is 14.1. The van der Waals surface area contributed by atoms with Crippen LogP contribution in [0.2, 0.25) is 0 Å². The number of thioether (sulfide) groups is 1. The third-order valence-corrected chi connectivity index (χ3v) is 5.93. The summed E-state index contributed by atoms with van der Waals surface area (Å²) in [6.45, 7) is 2.68. The van der Waals surface area contributed by atoms with E-state index in [0.29, 0.717) is 5.03 Å².